The second kappa shape index (κ2) is 10.7. The maximum atomic E-state index is 12.0. The normalized spacial score (nSPS) is 19.8. The predicted octanol–water partition coefficient (Wildman–Crippen LogP) is 4.01. The van der Waals surface area contributed by atoms with Gasteiger partial charge in [0.2, 0.25) is 20.0 Å². The monoisotopic (exact) mass is 527 g/mol. The molecule has 0 aromatic heterocycles. The molecule has 0 saturated carbocycles. The molecule has 36 heavy (non-hydrogen) atoms. The lowest BCUT2D eigenvalue weighted by molar-refractivity contribution is 0.312. The second-order valence-electron chi connectivity index (χ2n) is 9.76. The summed E-state index contributed by atoms with van der Waals surface area (Å²) in [7, 11) is -6.95. The molecule has 3 unspecified atom stereocenters. The van der Waals surface area contributed by atoms with Gasteiger partial charge >= 0.3 is 0 Å². The molecule has 1 saturated heterocycles. The predicted molar refractivity (Wildman–Crippen MR) is 145 cm³/mol. The third-order valence-electron chi connectivity index (χ3n) is 6.80. The molecule has 3 aromatic carbocycles. The zero-order valence-corrected chi connectivity index (χ0v) is 22.2. The largest absolute Gasteiger partial charge is 0.298 e. The molecule has 0 bridgehead atoms. The van der Waals surface area contributed by atoms with Crippen LogP contribution in [0.5, 0.6) is 0 Å². The van der Waals surface area contributed by atoms with Gasteiger partial charge in [0, 0.05) is 31.2 Å². The van der Waals surface area contributed by atoms with Crippen LogP contribution in [0.1, 0.15) is 30.4 Å². The Kier molecular flexibility index (Phi) is 7.85. The smallest absolute Gasteiger partial charge is 0.229 e. The highest BCUT2D eigenvalue weighted by Crippen LogP contribution is 2.38. The van der Waals surface area contributed by atoms with Gasteiger partial charge in [-0.3, -0.25) is 9.62 Å². The minimum atomic E-state index is -3.60. The van der Waals surface area contributed by atoms with Crippen LogP contribution in [0.3, 0.4) is 0 Å². The lowest BCUT2D eigenvalue weighted by atomic mass is 9.85. The summed E-state index contributed by atoms with van der Waals surface area (Å²) in [5.41, 5.74) is 4.79. The molecule has 3 atom stereocenters. The number of rotatable bonds is 9. The number of benzene rings is 3. The highest BCUT2D eigenvalue weighted by Gasteiger charge is 2.36. The van der Waals surface area contributed by atoms with E-state index < -0.39 is 25.3 Å². The molecule has 4 rings (SSSR count). The van der Waals surface area contributed by atoms with E-state index in [1.54, 1.807) is 13.0 Å². The molecule has 1 heterocycles. The highest BCUT2D eigenvalue weighted by atomic mass is 32.2. The van der Waals surface area contributed by atoms with Crippen molar-refractivity contribution in [3.8, 4) is 11.1 Å². The summed E-state index contributed by atoms with van der Waals surface area (Å²) in [6.45, 7) is 4.15. The molecule has 0 radical (unpaired) electrons. The van der Waals surface area contributed by atoms with Crippen molar-refractivity contribution in [1.29, 1.82) is 0 Å². The molecule has 1 fully saturated rings. The van der Waals surface area contributed by atoms with E-state index in [-0.39, 0.29) is 11.8 Å². The van der Waals surface area contributed by atoms with Gasteiger partial charge in [-0.25, -0.2) is 22.0 Å². The summed E-state index contributed by atoms with van der Waals surface area (Å²) in [5, 5.41) is 4.84. The molecular formula is C27H33N3O4S2. The van der Waals surface area contributed by atoms with Gasteiger partial charge in [0.25, 0.3) is 0 Å². The molecule has 0 spiro atoms. The number of primary sulfonamides is 1. The number of hydrogen-bond donors (Lipinski definition) is 2. The Morgan fingerprint density at radius 1 is 0.917 bits per heavy atom. The summed E-state index contributed by atoms with van der Waals surface area (Å²) in [6.07, 6.45) is 1.64. The van der Waals surface area contributed by atoms with Crippen LogP contribution >= 0.6 is 0 Å². The van der Waals surface area contributed by atoms with E-state index in [9.17, 15) is 16.8 Å². The van der Waals surface area contributed by atoms with Gasteiger partial charge in [-0.2, -0.15) is 0 Å². The molecule has 0 aliphatic carbocycles. The summed E-state index contributed by atoms with van der Waals surface area (Å²) >= 11 is 0. The summed E-state index contributed by atoms with van der Waals surface area (Å²) in [6, 6.07) is 25.8. The number of nitrogens with one attached hydrogen (secondary N) is 1. The van der Waals surface area contributed by atoms with Crippen molar-refractivity contribution >= 4 is 25.7 Å². The van der Waals surface area contributed by atoms with E-state index >= 15 is 0 Å². The summed E-state index contributed by atoms with van der Waals surface area (Å²) in [5.74, 6) is 0.348. The van der Waals surface area contributed by atoms with Crippen LogP contribution in [0, 0.1) is 5.92 Å². The molecule has 3 N–H and O–H groups in total. The third kappa shape index (κ3) is 6.94. The van der Waals surface area contributed by atoms with Crippen molar-refractivity contribution in [1.82, 2.24) is 4.90 Å². The van der Waals surface area contributed by atoms with E-state index in [0.717, 1.165) is 42.6 Å². The molecule has 1 aliphatic heterocycles. The Bertz CT molecular complexity index is 1390. The van der Waals surface area contributed by atoms with E-state index in [4.69, 9.17) is 5.14 Å². The van der Waals surface area contributed by atoms with Crippen LogP contribution in [0.15, 0.2) is 78.9 Å². The first-order chi connectivity index (χ1) is 17.0. The number of nitrogens with two attached hydrogens (primary N) is 1. The topological polar surface area (TPSA) is 110 Å². The fraction of sp³-hybridized carbons (Fsp3) is 0.333. The number of hydrogen-bond acceptors (Lipinski definition) is 5. The van der Waals surface area contributed by atoms with Crippen LogP contribution in [-0.2, 0) is 26.6 Å². The fourth-order valence-electron chi connectivity index (χ4n) is 5.01. The average Bonchev–Trinajstić information content (AvgIpc) is 3.20. The van der Waals surface area contributed by atoms with Gasteiger partial charge in [-0.15, -0.1) is 0 Å². The zero-order valence-electron chi connectivity index (χ0n) is 20.5. The number of nitrogens with zero attached hydrogens (tertiary/aromatic N) is 1. The Morgan fingerprint density at radius 2 is 1.61 bits per heavy atom. The van der Waals surface area contributed by atoms with Crippen LogP contribution < -0.4 is 9.86 Å². The van der Waals surface area contributed by atoms with Gasteiger partial charge in [-0.1, -0.05) is 66.7 Å². The van der Waals surface area contributed by atoms with E-state index in [1.807, 2.05) is 48.5 Å². The second-order valence-corrected chi connectivity index (χ2v) is 13.5. The average molecular weight is 528 g/mol. The lowest BCUT2D eigenvalue weighted by Gasteiger charge is -2.21. The minimum absolute atomic E-state index is 0.162. The minimum Gasteiger partial charge on any atom is -0.298 e. The Morgan fingerprint density at radius 3 is 2.25 bits per heavy atom. The molecule has 1 aliphatic rings. The lowest BCUT2D eigenvalue weighted by Crippen LogP contribution is -2.29. The van der Waals surface area contributed by atoms with E-state index in [2.05, 4.69) is 33.9 Å². The maximum Gasteiger partial charge on any atom is 0.229 e. The Labute approximate surface area is 214 Å². The first-order valence-electron chi connectivity index (χ1n) is 11.9. The van der Waals surface area contributed by atoms with Gasteiger partial charge in [0.15, 0.2) is 0 Å². The van der Waals surface area contributed by atoms with Crippen molar-refractivity contribution in [2.75, 3.05) is 24.1 Å². The fourth-order valence-corrected chi connectivity index (χ4v) is 6.08. The SMILES string of the molecule is CC(CC1CN(Cc2ccccc2)CC1c1ccc(-c2cccc(NS(C)(=O)=O)c2)cc1)S(N)(=O)=O. The first-order valence-corrected chi connectivity index (χ1v) is 15.4. The number of sulfonamides is 2. The van der Waals surface area contributed by atoms with E-state index in [0.29, 0.717) is 12.1 Å². The van der Waals surface area contributed by atoms with Crippen molar-refractivity contribution in [3.05, 3.63) is 90.0 Å². The molecule has 7 nitrogen and oxygen atoms in total. The van der Waals surface area contributed by atoms with E-state index in [1.165, 1.54) is 5.56 Å². The van der Waals surface area contributed by atoms with Crippen molar-refractivity contribution < 1.29 is 16.8 Å². The number of anilines is 1. The Balaban J connectivity index is 1.56. The van der Waals surface area contributed by atoms with Crippen LogP contribution in [0.25, 0.3) is 11.1 Å². The summed E-state index contributed by atoms with van der Waals surface area (Å²) < 4.78 is 49.6. The first kappa shape index (κ1) is 26.3. The van der Waals surface area contributed by atoms with Crippen molar-refractivity contribution in [3.63, 3.8) is 0 Å². The Hall–Kier alpha value is -2.72. The van der Waals surface area contributed by atoms with Gasteiger partial charge in [0.05, 0.1) is 11.5 Å². The molecule has 0 amide bonds. The van der Waals surface area contributed by atoms with Crippen LogP contribution in [-0.4, -0.2) is 46.3 Å². The van der Waals surface area contributed by atoms with Gasteiger partial charge in [0.1, 0.15) is 0 Å². The van der Waals surface area contributed by atoms with Crippen LogP contribution in [0.4, 0.5) is 5.69 Å². The molecular weight excluding hydrogens is 494 g/mol. The molecule has 9 heteroatoms. The van der Waals surface area contributed by atoms with Crippen molar-refractivity contribution in [2.24, 2.45) is 11.1 Å². The van der Waals surface area contributed by atoms with Gasteiger partial charge in [-0.05, 0) is 53.6 Å². The highest BCUT2D eigenvalue weighted by molar-refractivity contribution is 7.92. The van der Waals surface area contributed by atoms with Gasteiger partial charge < -0.3 is 0 Å². The quantitative estimate of drug-likeness (QED) is 0.437. The third-order valence-corrected chi connectivity index (χ3v) is 8.72. The number of likely N-dealkylation sites (tertiary alicyclic amines) is 1. The van der Waals surface area contributed by atoms with Crippen molar-refractivity contribution in [2.45, 2.75) is 31.1 Å². The molecule has 3 aromatic rings. The maximum absolute atomic E-state index is 12.0. The molecule has 192 valence electrons. The summed E-state index contributed by atoms with van der Waals surface area (Å²) in [4.78, 5) is 2.38. The standard InChI is InChI=1S/C27H33N3O4S2/c1-20(36(28,33)34)15-25-18-30(17-21-7-4-3-5-8-21)19-27(25)23-13-11-22(12-14-23)24-9-6-10-26(16-24)29-35(2,31)32/h3-14,16,20,25,27,29H,15,17-19H2,1-2H3,(H2,28,33,34). The van der Waals surface area contributed by atoms with Crippen LogP contribution in [0.2, 0.25) is 0 Å². The zero-order chi connectivity index (χ0) is 25.9.